The van der Waals surface area contributed by atoms with Gasteiger partial charge in [0.1, 0.15) is 5.82 Å². The van der Waals surface area contributed by atoms with Crippen LogP contribution in [0.1, 0.15) is 41.4 Å². The lowest BCUT2D eigenvalue weighted by molar-refractivity contribution is -0.116. The van der Waals surface area contributed by atoms with E-state index in [2.05, 4.69) is 25.6 Å². The molecule has 26 heavy (non-hydrogen) atoms. The summed E-state index contributed by atoms with van der Waals surface area (Å²) >= 11 is 1.60. The Hall–Kier alpha value is -2.25. The molecule has 0 aliphatic carbocycles. The fourth-order valence-electron chi connectivity index (χ4n) is 3.40. The largest absolute Gasteiger partial charge is 0.342 e. The monoisotopic (exact) mass is 369 g/mol. The summed E-state index contributed by atoms with van der Waals surface area (Å²) in [5.41, 5.74) is 3.14. The number of imidazole rings is 1. The Morgan fingerprint density at radius 2 is 2.19 bits per heavy atom. The number of anilines is 1. The van der Waals surface area contributed by atoms with E-state index < -0.39 is 0 Å². The Labute approximate surface area is 156 Å². The first-order valence-corrected chi connectivity index (χ1v) is 9.91. The van der Waals surface area contributed by atoms with E-state index in [0.717, 1.165) is 48.4 Å². The Balaban J connectivity index is 1.33. The van der Waals surface area contributed by atoms with Gasteiger partial charge in [-0.3, -0.25) is 4.79 Å². The number of nitrogens with zero attached hydrogens (tertiary/aromatic N) is 2. The second kappa shape index (κ2) is 7.55. The molecule has 1 fully saturated rings. The third-order valence-corrected chi connectivity index (χ3v) is 5.94. The van der Waals surface area contributed by atoms with Gasteiger partial charge in [0.25, 0.3) is 0 Å². The molecule has 1 saturated heterocycles. The van der Waals surface area contributed by atoms with Crippen LogP contribution < -0.4 is 10.6 Å². The molecule has 1 aliphatic heterocycles. The van der Waals surface area contributed by atoms with E-state index in [4.69, 9.17) is 0 Å². The molecule has 3 N–H and O–H groups in total. The van der Waals surface area contributed by atoms with E-state index in [1.54, 1.807) is 11.3 Å². The highest BCUT2D eigenvalue weighted by molar-refractivity contribution is 7.15. The van der Waals surface area contributed by atoms with Crippen molar-refractivity contribution in [1.82, 2.24) is 20.3 Å². The van der Waals surface area contributed by atoms with Crippen molar-refractivity contribution < 1.29 is 4.79 Å². The van der Waals surface area contributed by atoms with Crippen molar-refractivity contribution >= 4 is 33.4 Å². The van der Waals surface area contributed by atoms with Crippen molar-refractivity contribution in [3.05, 3.63) is 40.7 Å². The summed E-state index contributed by atoms with van der Waals surface area (Å²) in [7, 11) is 0. The zero-order valence-corrected chi connectivity index (χ0v) is 15.7. The molecular weight excluding hydrogens is 346 g/mol. The second-order valence-corrected chi connectivity index (χ2v) is 7.86. The zero-order valence-electron chi connectivity index (χ0n) is 14.8. The number of hydrogen-bond donors (Lipinski definition) is 3. The molecule has 7 heteroatoms. The number of hydrogen-bond acceptors (Lipinski definition) is 5. The number of H-pyrrole nitrogens is 1. The van der Waals surface area contributed by atoms with Crippen molar-refractivity contribution in [2.75, 3.05) is 18.4 Å². The van der Waals surface area contributed by atoms with Crippen LogP contribution in [-0.4, -0.2) is 33.9 Å². The number of aromatic nitrogens is 3. The second-order valence-electron chi connectivity index (χ2n) is 6.79. The van der Waals surface area contributed by atoms with Gasteiger partial charge in [0.05, 0.1) is 11.0 Å². The first-order valence-electron chi connectivity index (χ1n) is 9.09. The summed E-state index contributed by atoms with van der Waals surface area (Å²) in [6, 6.07) is 6.06. The average Bonchev–Trinajstić information content (AvgIpc) is 3.28. The number of fused-ring (bicyclic) bond motifs is 1. The number of carbonyl (C=O) groups excluding carboxylic acids is 1. The summed E-state index contributed by atoms with van der Waals surface area (Å²) in [4.78, 5) is 25.8. The first kappa shape index (κ1) is 17.2. The third kappa shape index (κ3) is 3.78. The molecule has 0 radical (unpaired) electrons. The van der Waals surface area contributed by atoms with Gasteiger partial charge in [0, 0.05) is 23.9 Å². The molecule has 2 aromatic heterocycles. The molecule has 0 spiro atoms. The first-order chi connectivity index (χ1) is 12.7. The van der Waals surface area contributed by atoms with Crippen molar-refractivity contribution in [1.29, 1.82) is 0 Å². The van der Waals surface area contributed by atoms with Gasteiger partial charge < -0.3 is 15.6 Å². The zero-order chi connectivity index (χ0) is 17.9. The van der Waals surface area contributed by atoms with Crippen molar-refractivity contribution in [3.8, 4) is 0 Å². The number of thiazole rings is 1. The number of benzene rings is 1. The highest BCUT2D eigenvalue weighted by Crippen LogP contribution is 2.31. The van der Waals surface area contributed by atoms with Gasteiger partial charge >= 0.3 is 0 Å². The fraction of sp³-hybridized carbons (Fsp3) is 0.421. The molecule has 136 valence electrons. The third-order valence-electron chi connectivity index (χ3n) is 4.86. The maximum absolute atomic E-state index is 12.3. The SMILES string of the molecule is Cc1cccc2[nH]c(CCC(=O)Nc3ncc(C4CCNCC4)s3)nc12. The van der Waals surface area contributed by atoms with E-state index in [1.807, 2.05) is 31.3 Å². The van der Waals surface area contributed by atoms with Gasteiger partial charge in [0.2, 0.25) is 5.91 Å². The van der Waals surface area contributed by atoms with Crippen LogP contribution in [0.5, 0.6) is 0 Å². The van der Waals surface area contributed by atoms with Crippen molar-refractivity contribution in [2.45, 2.75) is 38.5 Å². The minimum absolute atomic E-state index is 0.0200. The molecule has 0 saturated carbocycles. The van der Waals surface area contributed by atoms with E-state index in [9.17, 15) is 4.79 Å². The molecule has 3 heterocycles. The number of aromatic amines is 1. The minimum Gasteiger partial charge on any atom is -0.342 e. The number of para-hydroxylation sites is 1. The van der Waals surface area contributed by atoms with E-state index in [1.165, 1.54) is 4.88 Å². The normalized spacial score (nSPS) is 15.4. The summed E-state index contributed by atoms with van der Waals surface area (Å²) in [5, 5.41) is 7.00. The van der Waals surface area contributed by atoms with Gasteiger partial charge in [-0.15, -0.1) is 11.3 Å². The molecule has 4 rings (SSSR count). The Morgan fingerprint density at radius 3 is 3.00 bits per heavy atom. The average molecular weight is 369 g/mol. The van der Waals surface area contributed by atoms with Crippen molar-refractivity contribution in [3.63, 3.8) is 0 Å². The van der Waals surface area contributed by atoms with Crippen LogP contribution in [0.3, 0.4) is 0 Å². The van der Waals surface area contributed by atoms with E-state index in [0.29, 0.717) is 23.9 Å². The smallest absolute Gasteiger partial charge is 0.226 e. The van der Waals surface area contributed by atoms with E-state index >= 15 is 0 Å². The standard InChI is InChI=1S/C19H23N5OS/c1-12-3-2-4-14-18(12)23-16(22-14)5-6-17(25)24-19-21-11-15(26-19)13-7-9-20-10-8-13/h2-4,11,13,20H,5-10H2,1H3,(H,22,23)(H,21,24,25). The molecule has 0 unspecified atom stereocenters. The van der Waals surface area contributed by atoms with Crippen molar-refractivity contribution in [2.24, 2.45) is 0 Å². The van der Waals surface area contributed by atoms with E-state index in [-0.39, 0.29) is 5.91 Å². The predicted octanol–water partition coefficient (Wildman–Crippen LogP) is 3.37. The Kier molecular flexibility index (Phi) is 4.99. The van der Waals surface area contributed by atoms with Gasteiger partial charge in [-0.1, -0.05) is 12.1 Å². The number of aryl methyl sites for hydroxylation is 2. The Bertz CT molecular complexity index is 910. The molecule has 1 aliphatic rings. The maximum atomic E-state index is 12.3. The topological polar surface area (TPSA) is 82.7 Å². The van der Waals surface area contributed by atoms with Crippen LogP contribution >= 0.6 is 11.3 Å². The molecule has 3 aromatic rings. The number of piperidine rings is 1. The fourth-order valence-corrected chi connectivity index (χ4v) is 4.40. The highest BCUT2D eigenvalue weighted by Gasteiger charge is 2.18. The van der Waals surface area contributed by atoms with Gasteiger partial charge in [0.15, 0.2) is 5.13 Å². The quantitative estimate of drug-likeness (QED) is 0.644. The number of nitrogens with one attached hydrogen (secondary N) is 3. The molecule has 0 atom stereocenters. The lowest BCUT2D eigenvalue weighted by Crippen LogP contribution is -2.26. The number of rotatable bonds is 5. The summed E-state index contributed by atoms with van der Waals surface area (Å²) < 4.78 is 0. The summed E-state index contributed by atoms with van der Waals surface area (Å²) in [6.07, 6.45) is 5.17. The van der Waals surface area contributed by atoms with Crippen LogP contribution in [-0.2, 0) is 11.2 Å². The lowest BCUT2D eigenvalue weighted by Gasteiger charge is -2.20. The molecule has 0 bridgehead atoms. The van der Waals surface area contributed by atoms with Crippen LogP contribution in [0.15, 0.2) is 24.4 Å². The predicted molar refractivity (Wildman–Crippen MR) is 105 cm³/mol. The van der Waals surface area contributed by atoms with Crippen LogP contribution in [0.4, 0.5) is 5.13 Å². The summed E-state index contributed by atoms with van der Waals surface area (Å²) in [5.74, 6) is 1.39. The van der Waals surface area contributed by atoms with Gasteiger partial charge in [-0.2, -0.15) is 0 Å². The Morgan fingerprint density at radius 1 is 1.35 bits per heavy atom. The van der Waals surface area contributed by atoms with Crippen LogP contribution in [0.2, 0.25) is 0 Å². The number of carbonyl (C=O) groups is 1. The highest BCUT2D eigenvalue weighted by atomic mass is 32.1. The van der Waals surface area contributed by atoms with Crippen LogP contribution in [0, 0.1) is 6.92 Å². The number of amides is 1. The minimum atomic E-state index is -0.0200. The maximum Gasteiger partial charge on any atom is 0.226 e. The molecular formula is C19H23N5OS. The van der Waals surface area contributed by atoms with Gasteiger partial charge in [-0.05, 0) is 50.4 Å². The molecule has 1 aromatic carbocycles. The lowest BCUT2D eigenvalue weighted by atomic mass is 9.97. The molecule has 6 nitrogen and oxygen atoms in total. The van der Waals surface area contributed by atoms with Crippen LogP contribution in [0.25, 0.3) is 11.0 Å². The van der Waals surface area contributed by atoms with Gasteiger partial charge in [-0.25, -0.2) is 9.97 Å². The molecule has 1 amide bonds. The summed E-state index contributed by atoms with van der Waals surface area (Å²) in [6.45, 7) is 4.16.